The van der Waals surface area contributed by atoms with E-state index in [-0.39, 0.29) is 23.8 Å². The van der Waals surface area contributed by atoms with Crippen LogP contribution in [0.4, 0.5) is 17.2 Å². The van der Waals surface area contributed by atoms with Crippen molar-refractivity contribution in [2.45, 2.75) is 56.4 Å². The van der Waals surface area contributed by atoms with Gasteiger partial charge in [-0.2, -0.15) is 0 Å². The van der Waals surface area contributed by atoms with E-state index >= 15 is 0 Å². The molecular weight excluding hydrogens is 406 g/mol. The molecule has 2 aromatic rings. The van der Waals surface area contributed by atoms with Crippen LogP contribution in [-0.2, 0) is 19.7 Å². The Hall–Kier alpha value is -3.00. The van der Waals surface area contributed by atoms with Gasteiger partial charge in [0.05, 0.1) is 5.41 Å². The average molecular weight is 436 g/mol. The van der Waals surface area contributed by atoms with Crippen molar-refractivity contribution < 1.29 is 14.3 Å². The molecule has 3 heterocycles. The second kappa shape index (κ2) is 8.86. The summed E-state index contributed by atoms with van der Waals surface area (Å²) >= 11 is 0. The molecule has 1 spiro atoms. The SMILES string of the molecule is O=C(Nc1ccc2c(c1)NC(=O)C21CCOCC1)C(Nc1ccncn1)C1CCCCC1. The fraction of sp³-hybridized carbons (Fsp3) is 0.500. The van der Waals surface area contributed by atoms with E-state index in [9.17, 15) is 9.59 Å². The minimum Gasteiger partial charge on any atom is -0.381 e. The van der Waals surface area contributed by atoms with Crippen LogP contribution in [0.15, 0.2) is 36.8 Å². The number of nitrogens with zero attached hydrogens (tertiary/aromatic N) is 2. The van der Waals surface area contributed by atoms with Crippen molar-refractivity contribution in [3.05, 3.63) is 42.4 Å². The first-order valence-corrected chi connectivity index (χ1v) is 11.5. The second-order valence-electron chi connectivity index (χ2n) is 9.01. The maximum Gasteiger partial charge on any atom is 0.247 e. The largest absolute Gasteiger partial charge is 0.381 e. The highest BCUT2D eigenvalue weighted by atomic mass is 16.5. The number of carbonyl (C=O) groups is 2. The van der Waals surface area contributed by atoms with Crippen LogP contribution in [0.3, 0.4) is 0 Å². The summed E-state index contributed by atoms with van der Waals surface area (Å²) in [5.74, 6) is 0.845. The van der Waals surface area contributed by atoms with Gasteiger partial charge < -0.3 is 20.7 Å². The van der Waals surface area contributed by atoms with Crippen LogP contribution in [0.5, 0.6) is 0 Å². The summed E-state index contributed by atoms with van der Waals surface area (Å²) < 4.78 is 5.48. The number of nitrogens with one attached hydrogen (secondary N) is 3. The zero-order chi connectivity index (χ0) is 22.0. The Morgan fingerprint density at radius 2 is 1.97 bits per heavy atom. The van der Waals surface area contributed by atoms with Crippen molar-refractivity contribution in [1.82, 2.24) is 9.97 Å². The van der Waals surface area contributed by atoms with Gasteiger partial charge in [-0.25, -0.2) is 9.97 Å². The van der Waals surface area contributed by atoms with Crippen LogP contribution in [-0.4, -0.2) is 41.0 Å². The van der Waals surface area contributed by atoms with Gasteiger partial charge in [-0.05, 0) is 55.4 Å². The van der Waals surface area contributed by atoms with Crippen molar-refractivity contribution in [3.8, 4) is 0 Å². The van der Waals surface area contributed by atoms with Gasteiger partial charge in [0.2, 0.25) is 11.8 Å². The van der Waals surface area contributed by atoms with Crippen molar-refractivity contribution in [3.63, 3.8) is 0 Å². The molecule has 168 valence electrons. The first-order chi connectivity index (χ1) is 15.7. The van der Waals surface area contributed by atoms with Gasteiger partial charge >= 0.3 is 0 Å². The monoisotopic (exact) mass is 435 g/mol. The fourth-order valence-corrected chi connectivity index (χ4v) is 5.34. The molecule has 3 N–H and O–H groups in total. The third-order valence-corrected chi connectivity index (χ3v) is 7.12. The molecule has 1 aliphatic carbocycles. The highest BCUT2D eigenvalue weighted by Crippen LogP contribution is 2.45. The number of anilines is 3. The molecule has 8 nitrogen and oxygen atoms in total. The van der Waals surface area contributed by atoms with Crippen LogP contribution in [0.2, 0.25) is 0 Å². The maximum absolute atomic E-state index is 13.4. The van der Waals surface area contributed by atoms with Crippen LogP contribution in [0.25, 0.3) is 0 Å². The third-order valence-electron chi connectivity index (χ3n) is 7.12. The Morgan fingerprint density at radius 1 is 1.16 bits per heavy atom. The molecule has 32 heavy (non-hydrogen) atoms. The number of ether oxygens (including phenoxy) is 1. The third kappa shape index (κ3) is 3.95. The van der Waals surface area contributed by atoms with Gasteiger partial charge in [0.15, 0.2) is 0 Å². The van der Waals surface area contributed by atoms with Crippen LogP contribution in [0.1, 0.15) is 50.5 Å². The van der Waals surface area contributed by atoms with E-state index in [1.54, 1.807) is 12.3 Å². The Morgan fingerprint density at radius 3 is 2.72 bits per heavy atom. The highest BCUT2D eigenvalue weighted by molar-refractivity contribution is 6.07. The summed E-state index contributed by atoms with van der Waals surface area (Å²) in [5, 5.41) is 9.43. The van der Waals surface area contributed by atoms with E-state index in [0.29, 0.717) is 37.6 Å². The van der Waals surface area contributed by atoms with Crippen molar-refractivity contribution >= 4 is 29.0 Å². The molecule has 1 saturated heterocycles. The Balaban J connectivity index is 1.35. The molecule has 1 atom stereocenters. The number of rotatable bonds is 5. The number of carbonyl (C=O) groups excluding carboxylic acids is 2. The van der Waals surface area contributed by atoms with Gasteiger partial charge in [-0.1, -0.05) is 25.3 Å². The predicted octanol–water partition coefficient (Wildman–Crippen LogP) is 3.48. The highest BCUT2D eigenvalue weighted by Gasteiger charge is 2.47. The minimum absolute atomic E-state index is 0.0322. The predicted molar refractivity (Wildman–Crippen MR) is 121 cm³/mol. The molecule has 0 radical (unpaired) electrons. The minimum atomic E-state index is -0.505. The van der Waals surface area contributed by atoms with E-state index in [2.05, 4.69) is 25.9 Å². The number of benzene rings is 1. The zero-order valence-corrected chi connectivity index (χ0v) is 18.1. The lowest BCUT2D eigenvalue weighted by molar-refractivity contribution is -0.124. The summed E-state index contributed by atoms with van der Waals surface area (Å²) in [6.45, 7) is 1.17. The van der Waals surface area contributed by atoms with Gasteiger partial charge in [0.1, 0.15) is 18.2 Å². The molecule has 1 aromatic heterocycles. The summed E-state index contributed by atoms with van der Waals surface area (Å²) in [4.78, 5) is 34.3. The van der Waals surface area contributed by atoms with Gasteiger partial charge in [0.25, 0.3) is 0 Å². The number of fused-ring (bicyclic) bond motifs is 2. The average Bonchev–Trinajstić information content (AvgIpc) is 3.09. The number of amides is 2. The standard InChI is InChI=1S/C24H29N5O3/c30-22(21(16-4-2-1-3-5-16)29-20-8-11-25-15-26-20)27-17-6-7-18-19(14-17)28-23(31)24(18)9-12-32-13-10-24/h6-8,11,14-16,21H,1-5,9-10,12-13H2,(H,27,30)(H,28,31)(H,25,26,29). The molecule has 1 saturated carbocycles. The van der Waals surface area contributed by atoms with Gasteiger partial charge in [-0.3, -0.25) is 9.59 Å². The Labute approximate surface area is 187 Å². The Bertz CT molecular complexity index is 984. The molecule has 1 unspecified atom stereocenters. The molecule has 8 heteroatoms. The van der Waals surface area contributed by atoms with Crippen molar-refractivity contribution in [1.29, 1.82) is 0 Å². The van der Waals surface area contributed by atoms with E-state index < -0.39 is 5.41 Å². The summed E-state index contributed by atoms with van der Waals surface area (Å²) in [7, 11) is 0. The lowest BCUT2D eigenvalue weighted by atomic mass is 9.75. The quantitative estimate of drug-likeness (QED) is 0.664. The Kier molecular flexibility index (Phi) is 5.78. The van der Waals surface area contributed by atoms with E-state index in [1.807, 2.05) is 18.2 Å². The smallest absolute Gasteiger partial charge is 0.247 e. The van der Waals surface area contributed by atoms with Gasteiger partial charge in [-0.15, -0.1) is 0 Å². The molecule has 2 amide bonds. The first-order valence-electron chi connectivity index (χ1n) is 11.5. The van der Waals surface area contributed by atoms with Crippen LogP contribution < -0.4 is 16.0 Å². The second-order valence-corrected chi connectivity index (χ2v) is 9.01. The lowest BCUT2D eigenvalue weighted by Crippen LogP contribution is -2.42. The molecule has 3 aliphatic rings. The molecular formula is C24H29N5O3. The van der Waals surface area contributed by atoms with Crippen molar-refractivity contribution in [2.75, 3.05) is 29.2 Å². The normalized spacial score (nSPS) is 20.9. The van der Waals surface area contributed by atoms with Crippen molar-refractivity contribution in [2.24, 2.45) is 5.92 Å². The number of hydrogen-bond donors (Lipinski definition) is 3. The summed E-state index contributed by atoms with van der Waals surface area (Å²) in [6, 6.07) is 7.15. The first kappa shape index (κ1) is 20.9. The van der Waals surface area contributed by atoms with Crippen LogP contribution >= 0.6 is 0 Å². The molecule has 0 bridgehead atoms. The van der Waals surface area contributed by atoms with E-state index in [0.717, 1.165) is 36.9 Å². The lowest BCUT2D eigenvalue weighted by Gasteiger charge is -2.31. The van der Waals surface area contributed by atoms with E-state index in [1.165, 1.54) is 12.7 Å². The number of hydrogen-bond acceptors (Lipinski definition) is 6. The fourth-order valence-electron chi connectivity index (χ4n) is 5.34. The topological polar surface area (TPSA) is 105 Å². The summed E-state index contributed by atoms with van der Waals surface area (Å²) in [5.41, 5.74) is 1.97. The van der Waals surface area contributed by atoms with Gasteiger partial charge in [0, 0.05) is 30.8 Å². The maximum atomic E-state index is 13.4. The summed E-state index contributed by atoms with van der Waals surface area (Å²) in [6.07, 6.45) is 10.0. The molecule has 2 fully saturated rings. The van der Waals surface area contributed by atoms with E-state index in [4.69, 9.17) is 4.74 Å². The zero-order valence-electron chi connectivity index (χ0n) is 18.1. The molecule has 1 aromatic carbocycles. The number of aromatic nitrogens is 2. The molecule has 5 rings (SSSR count). The molecule has 2 aliphatic heterocycles. The van der Waals surface area contributed by atoms with Crippen LogP contribution in [0, 0.1) is 5.92 Å².